The number of rotatable bonds is 5. The summed E-state index contributed by atoms with van der Waals surface area (Å²) >= 11 is 0. The lowest BCUT2D eigenvalue weighted by Crippen LogP contribution is -2.48. The third-order valence-electron chi connectivity index (χ3n) is 4.43. The number of nitrogens with zero attached hydrogens (tertiary/aromatic N) is 2. The molecule has 5 heteroatoms. The zero-order chi connectivity index (χ0) is 17.6. The third kappa shape index (κ3) is 5.37. The first-order valence-corrected chi connectivity index (χ1v) is 8.64. The summed E-state index contributed by atoms with van der Waals surface area (Å²) in [6.45, 7) is 7.02. The van der Waals surface area contributed by atoms with Crippen molar-refractivity contribution in [3.05, 3.63) is 65.5 Å². The maximum atomic E-state index is 13.2. The molecule has 0 aliphatic carbocycles. The number of aryl methyl sites for hydroxylation is 1. The lowest BCUT2D eigenvalue weighted by atomic mass is 10.1. The van der Waals surface area contributed by atoms with E-state index < -0.39 is 0 Å². The molecule has 0 atom stereocenters. The molecule has 1 saturated heterocycles. The highest BCUT2D eigenvalue weighted by Gasteiger charge is 2.19. The molecule has 25 heavy (non-hydrogen) atoms. The Hall–Kier alpha value is -2.24. The summed E-state index contributed by atoms with van der Waals surface area (Å²) < 4.78 is 13.2. The van der Waals surface area contributed by atoms with Gasteiger partial charge in [-0.05, 0) is 30.7 Å². The van der Waals surface area contributed by atoms with Crippen LogP contribution < -0.4 is 5.32 Å². The number of piperazine rings is 1. The topological polar surface area (TPSA) is 35.6 Å². The van der Waals surface area contributed by atoms with Crippen LogP contribution in [0.1, 0.15) is 11.1 Å². The predicted molar refractivity (Wildman–Crippen MR) is 97.9 cm³/mol. The van der Waals surface area contributed by atoms with Gasteiger partial charge in [0.15, 0.2) is 0 Å². The Morgan fingerprint density at radius 1 is 1.04 bits per heavy atom. The monoisotopic (exact) mass is 341 g/mol. The molecule has 1 amide bonds. The average molecular weight is 341 g/mol. The number of benzene rings is 2. The molecule has 132 valence electrons. The van der Waals surface area contributed by atoms with E-state index in [9.17, 15) is 9.18 Å². The second-order valence-corrected chi connectivity index (χ2v) is 6.60. The molecule has 0 saturated carbocycles. The number of halogens is 1. The van der Waals surface area contributed by atoms with Crippen molar-refractivity contribution in [2.45, 2.75) is 13.5 Å². The van der Waals surface area contributed by atoms with Crippen LogP contribution in [-0.4, -0.2) is 48.4 Å². The molecule has 1 aliphatic heterocycles. The normalized spacial score (nSPS) is 15.9. The molecule has 0 radical (unpaired) electrons. The number of hydrogen-bond donors (Lipinski definition) is 1. The fraction of sp³-hybridized carbons (Fsp3) is 0.350. The summed E-state index contributed by atoms with van der Waals surface area (Å²) in [4.78, 5) is 16.7. The first-order valence-electron chi connectivity index (χ1n) is 8.64. The zero-order valence-electron chi connectivity index (χ0n) is 14.5. The number of carbonyl (C=O) groups is 1. The molecule has 1 heterocycles. The molecule has 0 unspecified atom stereocenters. The number of nitrogens with one attached hydrogen (secondary N) is 1. The second-order valence-electron chi connectivity index (χ2n) is 6.60. The number of hydrogen-bond acceptors (Lipinski definition) is 3. The Kier molecular flexibility index (Phi) is 5.79. The van der Waals surface area contributed by atoms with Crippen molar-refractivity contribution >= 4 is 11.6 Å². The molecule has 2 aromatic rings. The van der Waals surface area contributed by atoms with Crippen LogP contribution in [0.2, 0.25) is 0 Å². The number of amides is 1. The summed E-state index contributed by atoms with van der Waals surface area (Å²) in [7, 11) is 0. The van der Waals surface area contributed by atoms with Gasteiger partial charge in [-0.2, -0.15) is 0 Å². The van der Waals surface area contributed by atoms with Gasteiger partial charge >= 0.3 is 0 Å². The van der Waals surface area contributed by atoms with Crippen LogP contribution in [0, 0.1) is 12.7 Å². The average Bonchev–Trinajstić information content (AvgIpc) is 2.57. The van der Waals surface area contributed by atoms with E-state index in [2.05, 4.69) is 46.3 Å². The fourth-order valence-electron chi connectivity index (χ4n) is 3.14. The summed E-state index contributed by atoms with van der Waals surface area (Å²) in [5.41, 5.74) is 3.12. The van der Waals surface area contributed by atoms with Crippen molar-refractivity contribution in [3.8, 4) is 0 Å². The van der Waals surface area contributed by atoms with E-state index in [1.165, 1.54) is 23.3 Å². The van der Waals surface area contributed by atoms with Gasteiger partial charge < -0.3 is 5.32 Å². The first-order chi connectivity index (χ1) is 12.1. The van der Waals surface area contributed by atoms with Gasteiger partial charge in [0.1, 0.15) is 5.82 Å². The van der Waals surface area contributed by atoms with Crippen LogP contribution in [-0.2, 0) is 11.3 Å². The fourth-order valence-corrected chi connectivity index (χ4v) is 3.14. The van der Waals surface area contributed by atoms with Gasteiger partial charge in [0.2, 0.25) is 5.91 Å². The van der Waals surface area contributed by atoms with Gasteiger partial charge in [0, 0.05) is 38.4 Å². The molecule has 0 bridgehead atoms. The van der Waals surface area contributed by atoms with Crippen LogP contribution in [0.15, 0.2) is 48.5 Å². The minimum atomic E-state index is -0.345. The standard InChI is InChI=1S/C20H24FN3O/c1-16-4-2-5-17(12-16)14-23-8-10-24(11-9-23)15-20(25)22-19-7-3-6-18(21)13-19/h2-7,12-13H,8-11,14-15H2,1H3,(H,22,25). The van der Waals surface area contributed by atoms with Crippen LogP contribution in [0.5, 0.6) is 0 Å². The van der Waals surface area contributed by atoms with Crippen molar-refractivity contribution < 1.29 is 9.18 Å². The Balaban J connectivity index is 1.43. The van der Waals surface area contributed by atoms with E-state index in [1.807, 2.05) is 0 Å². The Bertz CT molecular complexity index is 726. The molecular weight excluding hydrogens is 317 g/mol. The molecule has 0 aromatic heterocycles. The molecule has 2 aromatic carbocycles. The summed E-state index contributed by atoms with van der Waals surface area (Å²) in [6.07, 6.45) is 0. The lowest BCUT2D eigenvalue weighted by Gasteiger charge is -2.34. The van der Waals surface area contributed by atoms with E-state index in [4.69, 9.17) is 0 Å². The Morgan fingerprint density at radius 3 is 2.48 bits per heavy atom. The van der Waals surface area contributed by atoms with Crippen molar-refractivity contribution in [1.29, 1.82) is 0 Å². The van der Waals surface area contributed by atoms with Gasteiger partial charge in [-0.3, -0.25) is 14.6 Å². The molecule has 1 N–H and O–H groups in total. The maximum Gasteiger partial charge on any atom is 0.238 e. The third-order valence-corrected chi connectivity index (χ3v) is 4.43. The van der Waals surface area contributed by atoms with E-state index in [1.54, 1.807) is 12.1 Å². The van der Waals surface area contributed by atoms with Crippen molar-refractivity contribution in [1.82, 2.24) is 9.80 Å². The van der Waals surface area contributed by atoms with Crippen LogP contribution in [0.4, 0.5) is 10.1 Å². The predicted octanol–water partition coefficient (Wildman–Crippen LogP) is 2.89. The molecule has 3 rings (SSSR count). The van der Waals surface area contributed by atoms with Crippen LogP contribution in [0.25, 0.3) is 0 Å². The smallest absolute Gasteiger partial charge is 0.238 e. The van der Waals surface area contributed by atoms with Gasteiger partial charge in [-0.15, -0.1) is 0 Å². The highest BCUT2D eigenvalue weighted by Crippen LogP contribution is 2.12. The minimum absolute atomic E-state index is 0.0993. The molecular formula is C20H24FN3O. The molecule has 1 aliphatic rings. The second kappa shape index (κ2) is 8.23. The number of anilines is 1. The quantitative estimate of drug-likeness (QED) is 0.908. The van der Waals surface area contributed by atoms with Gasteiger partial charge in [-0.25, -0.2) is 4.39 Å². The minimum Gasteiger partial charge on any atom is -0.325 e. The molecule has 1 fully saturated rings. The van der Waals surface area contributed by atoms with E-state index in [-0.39, 0.29) is 11.7 Å². The van der Waals surface area contributed by atoms with Crippen molar-refractivity contribution in [2.24, 2.45) is 0 Å². The SMILES string of the molecule is Cc1cccc(CN2CCN(CC(=O)Nc3cccc(F)c3)CC2)c1. The summed E-state index contributed by atoms with van der Waals surface area (Å²) in [6, 6.07) is 14.6. The summed E-state index contributed by atoms with van der Waals surface area (Å²) in [5, 5.41) is 2.75. The Morgan fingerprint density at radius 2 is 1.76 bits per heavy atom. The van der Waals surface area contributed by atoms with Crippen LogP contribution in [0.3, 0.4) is 0 Å². The van der Waals surface area contributed by atoms with Crippen molar-refractivity contribution in [3.63, 3.8) is 0 Å². The van der Waals surface area contributed by atoms with E-state index >= 15 is 0 Å². The van der Waals surface area contributed by atoms with Gasteiger partial charge in [-0.1, -0.05) is 35.9 Å². The highest BCUT2D eigenvalue weighted by atomic mass is 19.1. The number of carbonyl (C=O) groups excluding carboxylic acids is 1. The summed E-state index contributed by atoms with van der Waals surface area (Å²) in [5.74, 6) is -0.444. The maximum absolute atomic E-state index is 13.2. The van der Waals surface area contributed by atoms with Gasteiger partial charge in [0.05, 0.1) is 6.54 Å². The van der Waals surface area contributed by atoms with Gasteiger partial charge in [0.25, 0.3) is 0 Å². The molecule has 0 spiro atoms. The van der Waals surface area contributed by atoms with E-state index in [0.717, 1.165) is 32.7 Å². The van der Waals surface area contributed by atoms with Crippen molar-refractivity contribution in [2.75, 3.05) is 38.0 Å². The molecule has 4 nitrogen and oxygen atoms in total. The highest BCUT2D eigenvalue weighted by molar-refractivity contribution is 5.92. The first kappa shape index (κ1) is 17.6. The largest absolute Gasteiger partial charge is 0.325 e. The van der Waals surface area contributed by atoms with Crippen LogP contribution >= 0.6 is 0 Å². The van der Waals surface area contributed by atoms with E-state index in [0.29, 0.717) is 12.2 Å². The lowest BCUT2D eigenvalue weighted by molar-refractivity contribution is -0.117. The Labute approximate surface area is 148 Å². The zero-order valence-corrected chi connectivity index (χ0v) is 14.5.